The van der Waals surface area contributed by atoms with E-state index < -0.39 is 5.92 Å². The van der Waals surface area contributed by atoms with Crippen molar-refractivity contribution in [1.29, 1.82) is 5.26 Å². The normalized spacial score (nSPS) is 53.2. The highest BCUT2D eigenvalue weighted by Gasteiger charge is 2.67. The molecule has 182 valence electrons. The second-order valence-corrected chi connectivity index (χ2v) is 14.1. The quantitative estimate of drug-likeness (QED) is 0.562. The molecule has 4 nitrogen and oxygen atoms in total. The minimum Gasteiger partial charge on any atom is -0.396 e. The third-order valence-electron chi connectivity index (χ3n) is 12.2. The minimum absolute atomic E-state index is 0.0706. The summed E-state index contributed by atoms with van der Waals surface area (Å²) in [6.07, 6.45) is 8.65. The van der Waals surface area contributed by atoms with Gasteiger partial charge in [-0.3, -0.25) is 9.59 Å². The predicted molar refractivity (Wildman–Crippen MR) is 127 cm³/mol. The zero-order valence-corrected chi connectivity index (χ0v) is 21.3. The Bertz CT molecular complexity index is 903. The fraction of sp³-hybridized carbons (Fsp3) is 0.897. The van der Waals surface area contributed by atoms with Crippen LogP contribution in [0.15, 0.2) is 0 Å². The van der Waals surface area contributed by atoms with Crippen LogP contribution >= 0.6 is 0 Å². The van der Waals surface area contributed by atoms with Gasteiger partial charge >= 0.3 is 0 Å². The van der Waals surface area contributed by atoms with Crippen LogP contribution in [0.5, 0.6) is 0 Å². The van der Waals surface area contributed by atoms with Gasteiger partial charge in [0.1, 0.15) is 11.7 Å². The number of hydrogen-bond acceptors (Lipinski definition) is 4. The molecule has 0 spiro atoms. The van der Waals surface area contributed by atoms with Crippen LogP contribution < -0.4 is 0 Å². The second-order valence-electron chi connectivity index (χ2n) is 14.1. The summed E-state index contributed by atoms with van der Waals surface area (Å²) in [6.45, 7) is 11.7. The molecule has 0 aliphatic heterocycles. The number of carbonyl (C=O) groups is 2. The lowest BCUT2D eigenvalue weighted by molar-refractivity contribution is -0.202. The topological polar surface area (TPSA) is 78.2 Å². The van der Waals surface area contributed by atoms with Crippen LogP contribution in [0.1, 0.15) is 92.4 Å². The Balaban J connectivity index is 1.54. The van der Waals surface area contributed by atoms with Crippen molar-refractivity contribution in [3.05, 3.63) is 0 Å². The predicted octanol–water partition coefficient (Wildman–Crippen LogP) is 5.58. The van der Waals surface area contributed by atoms with Gasteiger partial charge in [0, 0.05) is 24.9 Å². The molecule has 0 aromatic rings. The zero-order chi connectivity index (χ0) is 24.0. The van der Waals surface area contributed by atoms with Gasteiger partial charge in [-0.2, -0.15) is 5.26 Å². The number of carbonyl (C=O) groups excluding carboxylic acids is 2. The Hall–Kier alpha value is -1.21. The van der Waals surface area contributed by atoms with Crippen molar-refractivity contribution in [3.63, 3.8) is 0 Å². The molecule has 5 rings (SSSR count). The highest BCUT2D eigenvalue weighted by molar-refractivity contribution is 5.87. The average molecular weight is 454 g/mol. The van der Waals surface area contributed by atoms with Gasteiger partial charge in [-0.05, 0) is 96.7 Å². The maximum absolute atomic E-state index is 14.0. The number of rotatable bonds is 1. The summed E-state index contributed by atoms with van der Waals surface area (Å²) in [5.74, 6) is 1.20. The van der Waals surface area contributed by atoms with Gasteiger partial charge in [-0.25, -0.2) is 0 Å². The molecule has 10 unspecified atom stereocenters. The summed E-state index contributed by atoms with van der Waals surface area (Å²) in [5.41, 5.74) is 0.103. The van der Waals surface area contributed by atoms with Crippen molar-refractivity contribution >= 4 is 11.6 Å². The molecule has 0 amide bonds. The molecule has 5 aliphatic carbocycles. The molecule has 0 bridgehead atoms. The van der Waals surface area contributed by atoms with Crippen LogP contribution in [-0.4, -0.2) is 23.3 Å². The molecular weight excluding hydrogens is 410 g/mol. The molecule has 5 saturated carbocycles. The fourth-order valence-electron chi connectivity index (χ4n) is 10.4. The molecule has 5 aliphatic rings. The van der Waals surface area contributed by atoms with E-state index in [1.54, 1.807) is 0 Å². The summed E-state index contributed by atoms with van der Waals surface area (Å²) in [5, 5.41) is 20.3. The van der Waals surface area contributed by atoms with E-state index in [0.717, 1.165) is 44.9 Å². The zero-order valence-electron chi connectivity index (χ0n) is 21.3. The second kappa shape index (κ2) is 7.39. The van der Waals surface area contributed by atoms with E-state index in [0.29, 0.717) is 30.5 Å². The van der Waals surface area contributed by atoms with Crippen molar-refractivity contribution in [3.8, 4) is 6.07 Å². The molecule has 0 saturated heterocycles. The van der Waals surface area contributed by atoms with E-state index in [2.05, 4.69) is 33.8 Å². The summed E-state index contributed by atoms with van der Waals surface area (Å²) >= 11 is 0. The number of hydrogen-bond donors (Lipinski definition) is 1. The first-order valence-electron chi connectivity index (χ1n) is 13.5. The van der Waals surface area contributed by atoms with Gasteiger partial charge in [0.2, 0.25) is 0 Å². The first-order chi connectivity index (χ1) is 15.4. The standard InChI is InChI=1S/C29H43NO3/c1-17-19-6-8-27(4)20-7-9-29(16-31)11-10-26(2,3)14-21(29)24(20)22(32)12-23(27)28(19,5)13-18(15-30)25(17)33/h17-21,23-24,31H,6-14,16H2,1-5H3. The van der Waals surface area contributed by atoms with Gasteiger partial charge in [0.05, 0.1) is 6.07 Å². The Labute approximate surface area is 199 Å². The Morgan fingerprint density at radius 2 is 1.64 bits per heavy atom. The van der Waals surface area contributed by atoms with E-state index in [-0.39, 0.29) is 57.7 Å². The van der Waals surface area contributed by atoms with Crippen LogP contribution in [-0.2, 0) is 9.59 Å². The first kappa shape index (κ1) is 23.5. The lowest BCUT2D eigenvalue weighted by Crippen LogP contribution is -2.65. The minimum atomic E-state index is -0.524. The Morgan fingerprint density at radius 1 is 0.939 bits per heavy atom. The van der Waals surface area contributed by atoms with Crippen LogP contribution in [0.25, 0.3) is 0 Å². The van der Waals surface area contributed by atoms with E-state index >= 15 is 0 Å². The molecule has 1 N–H and O–H groups in total. The summed E-state index contributed by atoms with van der Waals surface area (Å²) in [4.78, 5) is 26.9. The molecule has 4 heteroatoms. The highest BCUT2D eigenvalue weighted by atomic mass is 16.3. The number of ketones is 2. The summed E-state index contributed by atoms with van der Waals surface area (Å²) < 4.78 is 0. The number of nitrogens with zero attached hydrogens (tertiary/aromatic N) is 1. The van der Waals surface area contributed by atoms with Gasteiger partial charge < -0.3 is 5.11 Å². The molecule has 33 heavy (non-hydrogen) atoms. The molecule has 0 aromatic carbocycles. The van der Waals surface area contributed by atoms with E-state index in [9.17, 15) is 20.0 Å². The smallest absolute Gasteiger partial charge is 0.153 e. The number of fused-ring (bicyclic) bond motifs is 7. The molecule has 5 fully saturated rings. The number of Topliss-reactive ketones (excluding diaryl/α,β-unsaturated/α-hetero) is 2. The van der Waals surface area contributed by atoms with Crippen molar-refractivity contribution in [1.82, 2.24) is 0 Å². The third-order valence-corrected chi connectivity index (χ3v) is 12.2. The van der Waals surface area contributed by atoms with Crippen molar-refractivity contribution in [2.45, 2.75) is 92.4 Å². The molecule has 0 heterocycles. The largest absolute Gasteiger partial charge is 0.396 e. The first-order valence-corrected chi connectivity index (χ1v) is 13.5. The molecular formula is C29H43NO3. The van der Waals surface area contributed by atoms with Gasteiger partial charge in [-0.15, -0.1) is 0 Å². The third kappa shape index (κ3) is 3.10. The van der Waals surface area contributed by atoms with Gasteiger partial charge in [0.15, 0.2) is 5.78 Å². The summed E-state index contributed by atoms with van der Waals surface area (Å²) in [6, 6.07) is 2.31. The maximum atomic E-state index is 14.0. The van der Waals surface area contributed by atoms with Crippen LogP contribution in [0.3, 0.4) is 0 Å². The lowest BCUT2D eigenvalue weighted by atomic mass is 9.36. The molecule has 0 aromatic heterocycles. The number of aliphatic hydroxyl groups is 1. The molecule has 0 radical (unpaired) electrons. The van der Waals surface area contributed by atoms with E-state index in [1.165, 1.54) is 0 Å². The Kier molecular flexibility index (Phi) is 5.27. The monoisotopic (exact) mass is 453 g/mol. The van der Waals surface area contributed by atoms with E-state index in [4.69, 9.17) is 0 Å². The number of aliphatic hydroxyl groups excluding tert-OH is 1. The number of nitriles is 1. The summed E-state index contributed by atoms with van der Waals surface area (Å²) in [7, 11) is 0. The van der Waals surface area contributed by atoms with Crippen molar-refractivity contribution in [2.24, 2.45) is 63.1 Å². The highest BCUT2D eigenvalue weighted by Crippen LogP contribution is 2.71. The maximum Gasteiger partial charge on any atom is 0.153 e. The van der Waals surface area contributed by atoms with E-state index in [1.807, 2.05) is 6.92 Å². The van der Waals surface area contributed by atoms with Crippen LogP contribution in [0, 0.1) is 74.4 Å². The average Bonchev–Trinajstić information content (AvgIpc) is 2.77. The van der Waals surface area contributed by atoms with Gasteiger partial charge in [-0.1, -0.05) is 34.6 Å². The lowest BCUT2D eigenvalue weighted by Gasteiger charge is -2.68. The van der Waals surface area contributed by atoms with Gasteiger partial charge in [0.25, 0.3) is 0 Å². The van der Waals surface area contributed by atoms with Crippen molar-refractivity contribution in [2.75, 3.05) is 6.61 Å². The fourth-order valence-corrected chi connectivity index (χ4v) is 10.4. The van der Waals surface area contributed by atoms with Crippen LogP contribution in [0.4, 0.5) is 0 Å². The SMILES string of the molecule is CC1C(=O)C(C#N)CC2(C)C1CCC1(C)C3CCC4(CO)CCC(C)(C)CC4C3C(=O)CC21. The van der Waals surface area contributed by atoms with Crippen LogP contribution in [0.2, 0.25) is 0 Å². The van der Waals surface area contributed by atoms with Crippen molar-refractivity contribution < 1.29 is 14.7 Å². The Morgan fingerprint density at radius 3 is 2.30 bits per heavy atom. The molecule has 10 atom stereocenters.